The molecule has 4 nitrogen and oxygen atoms in total. The maximum absolute atomic E-state index is 12.1. The van der Waals surface area contributed by atoms with Crippen molar-refractivity contribution in [3.8, 4) is 0 Å². The molecule has 0 atom stereocenters. The van der Waals surface area contributed by atoms with Crippen LogP contribution in [0.5, 0.6) is 0 Å². The number of sulfonamides is 1. The predicted octanol–water partition coefficient (Wildman–Crippen LogP) is 1.45. The highest BCUT2D eigenvalue weighted by atomic mass is 35.5. The van der Waals surface area contributed by atoms with Gasteiger partial charge in [-0.2, -0.15) is 0 Å². The van der Waals surface area contributed by atoms with E-state index >= 15 is 0 Å². The van der Waals surface area contributed by atoms with E-state index in [1.165, 1.54) is 6.07 Å². The molecule has 94 valence electrons. The maximum atomic E-state index is 12.1. The van der Waals surface area contributed by atoms with Crippen LogP contribution in [0.2, 0.25) is 5.02 Å². The van der Waals surface area contributed by atoms with Crippen LogP contribution in [0.1, 0.15) is 18.4 Å². The van der Waals surface area contributed by atoms with Crippen molar-refractivity contribution in [1.29, 1.82) is 0 Å². The van der Waals surface area contributed by atoms with Crippen LogP contribution in [0.3, 0.4) is 0 Å². The van der Waals surface area contributed by atoms with Gasteiger partial charge in [-0.15, -0.1) is 0 Å². The Labute approximate surface area is 106 Å². The first-order valence-corrected chi connectivity index (χ1v) is 7.16. The van der Waals surface area contributed by atoms with E-state index in [9.17, 15) is 8.42 Å². The summed E-state index contributed by atoms with van der Waals surface area (Å²) in [5.41, 5.74) is 0.227. The van der Waals surface area contributed by atoms with Crippen molar-refractivity contribution in [3.63, 3.8) is 0 Å². The van der Waals surface area contributed by atoms with Crippen LogP contribution in [-0.4, -0.2) is 25.7 Å². The van der Waals surface area contributed by atoms with Gasteiger partial charge in [0.15, 0.2) is 0 Å². The van der Waals surface area contributed by atoms with Crippen LogP contribution in [0.15, 0.2) is 23.1 Å². The monoisotopic (exact) mass is 275 g/mol. The quantitative estimate of drug-likeness (QED) is 0.874. The van der Waals surface area contributed by atoms with Crippen LogP contribution in [-0.2, 0) is 10.0 Å². The number of halogens is 1. The second kappa shape index (κ2) is 4.24. The van der Waals surface area contributed by atoms with Gasteiger partial charge in [-0.25, -0.2) is 13.1 Å². The van der Waals surface area contributed by atoms with Gasteiger partial charge in [0.05, 0.1) is 17.2 Å². The molecule has 6 heteroatoms. The van der Waals surface area contributed by atoms with Crippen LogP contribution in [0.4, 0.5) is 0 Å². The number of benzene rings is 1. The number of rotatable bonds is 4. The Kier molecular flexibility index (Phi) is 3.20. The number of hydrogen-bond acceptors (Lipinski definition) is 3. The predicted molar refractivity (Wildman–Crippen MR) is 65.6 cm³/mol. The van der Waals surface area contributed by atoms with Gasteiger partial charge < -0.3 is 5.11 Å². The average Bonchev–Trinajstić information content (AvgIpc) is 2.97. The number of aliphatic hydroxyl groups is 1. The van der Waals surface area contributed by atoms with E-state index in [4.69, 9.17) is 16.7 Å². The summed E-state index contributed by atoms with van der Waals surface area (Å²) >= 11 is 5.92. The van der Waals surface area contributed by atoms with Crippen molar-refractivity contribution >= 4 is 21.6 Å². The zero-order chi connectivity index (χ0) is 12.7. The number of hydrogen-bond donors (Lipinski definition) is 2. The fourth-order valence-corrected chi connectivity index (χ4v) is 3.66. The molecule has 0 heterocycles. The summed E-state index contributed by atoms with van der Waals surface area (Å²) in [5, 5.41) is 9.32. The Bertz CT molecular complexity index is 538. The minimum atomic E-state index is -3.66. The third-order valence-electron chi connectivity index (χ3n) is 2.88. The highest BCUT2D eigenvalue weighted by molar-refractivity contribution is 7.89. The smallest absolute Gasteiger partial charge is 0.242 e. The molecule has 0 aliphatic heterocycles. The van der Waals surface area contributed by atoms with Crippen LogP contribution in [0, 0.1) is 6.92 Å². The SMILES string of the molecule is Cc1ccc(S(=O)(=O)NC2(CO)CC2)c(Cl)c1. The summed E-state index contributed by atoms with van der Waals surface area (Å²) in [7, 11) is -3.66. The Morgan fingerprint density at radius 3 is 2.59 bits per heavy atom. The maximum Gasteiger partial charge on any atom is 0.242 e. The molecule has 0 bridgehead atoms. The lowest BCUT2D eigenvalue weighted by Gasteiger charge is -2.15. The molecule has 1 aromatic rings. The molecule has 0 saturated heterocycles. The molecule has 0 amide bonds. The van der Waals surface area contributed by atoms with Gasteiger partial charge in [0.2, 0.25) is 10.0 Å². The fourth-order valence-electron chi connectivity index (χ4n) is 1.61. The summed E-state index contributed by atoms with van der Waals surface area (Å²) < 4.78 is 26.7. The number of nitrogens with one attached hydrogen (secondary N) is 1. The first kappa shape index (κ1) is 12.8. The summed E-state index contributed by atoms with van der Waals surface area (Å²) in [6, 6.07) is 4.78. The molecule has 0 radical (unpaired) electrons. The standard InChI is InChI=1S/C11H14ClNO3S/c1-8-2-3-10(9(12)6-8)17(15,16)13-11(7-14)4-5-11/h2-3,6,13-14H,4-5,7H2,1H3. The number of aliphatic hydroxyl groups excluding tert-OH is 1. The summed E-state index contributed by atoms with van der Waals surface area (Å²) in [5.74, 6) is 0. The molecule has 1 aliphatic rings. The second-order valence-electron chi connectivity index (χ2n) is 4.48. The van der Waals surface area contributed by atoms with Gasteiger partial charge in [-0.05, 0) is 37.5 Å². The first-order valence-electron chi connectivity index (χ1n) is 5.30. The average molecular weight is 276 g/mol. The second-order valence-corrected chi connectivity index (χ2v) is 6.54. The van der Waals surface area contributed by atoms with Crippen molar-refractivity contribution in [3.05, 3.63) is 28.8 Å². The van der Waals surface area contributed by atoms with Crippen LogP contribution >= 0.6 is 11.6 Å². The van der Waals surface area contributed by atoms with Crippen molar-refractivity contribution in [2.75, 3.05) is 6.61 Å². The molecular formula is C11H14ClNO3S. The Morgan fingerprint density at radius 2 is 2.12 bits per heavy atom. The molecule has 0 spiro atoms. The van der Waals surface area contributed by atoms with Crippen molar-refractivity contribution in [2.45, 2.75) is 30.2 Å². The fraction of sp³-hybridized carbons (Fsp3) is 0.455. The topological polar surface area (TPSA) is 66.4 Å². The molecule has 2 rings (SSSR count). The van der Waals surface area contributed by atoms with E-state index in [2.05, 4.69) is 4.72 Å². The van der Waals surface area contributed by atoms with Crippen molar-refractivity contribution in [2.24, 2.45) is 0 Å². The Morgan fingerprint density at radius 1 is 1.47 bits per heavy atom. The van der Waals surface area contributed by atoms with Gasteiger partial charge in [0.25, 0.3) is 0 Å². The zero-order valence-corrected chi connectivity index (χ0v) is 11.0. The molecule has 0 aromatic heterocycles. The van der Waals surface area contributed by atoms with Gasteiger partial charge in [-0.1, -0.05) is 17.7 Å². The highest BCUT2D eigenvalue weighted by Gasteiger charge is 2.45. The Hall–Kier alpha value is -0.620. The van der Waals surface area contributed by atoms with Crippen molar-refractivity contribution in [1.82, 2.24) is 4.72 Å². The van der Waals surface area contributed by atoms with Gasteiger partial charge in [0, 0.05) is 0 Å². The lowest BCUT2D eigenvalue weighted by Crippen LogP contribution is -2.39. The van der Waals surface area contributed by atoms with E-state index in [-0.39, 0.29) is 16.5 Å². The third kappa shape index (κ3) is 2.63. The zero-order valence-electron chi connectivity index (χ0n) is 9.40. The highest BCUT2D eigenvalue weighted by Crippen LogP contribution is 2.37. The molecule has 0 unspecified atom stereocenters. The molecule has 1 aliphatic carbocycles. The van der Waals surface area contributed by atoms with E-state index in [0.29, 0.717) is 12.8 Å². The van der Waals surface area contributed by atoms with Crippen molar-refractivity contribution < 1.29 is 13.5 Å². The first-order chi connectivity index (χ1) is 7.88. The molecular weight excluding hydrogens is 262 g/mol. The molecule has 1 aromatic carbocycles. The van der Waals surface area contributed by atoms with E-state index < -0.39 is 15.6 Å². The third-order valence-corrected chi connectivity index (χ3v) is 4.95. The summed E-state index contributed by atoms with van der Waals surface area (Å²) in [6.45, 7) is 1.65. The van der Waals surface area contributed by atoms with Gasteiger partial charge in [0.1, 0.15) is 4.90 Å². The van der Waals surface area contributed by atoms with Gasteiger partial charge >= 0.3 is 0 Å². The lowest BCUT2D eigenvalue weighted by atomic mass is 10.2. The summed E-state index contributed by atoms with van der Waals surface area (Å²) in [6.07, 6.45) is 1.32. The summed E-state index contributed by atoms with van der Waals surface area (Å²) in [4.78, 5) is 0.0597. The lowest BCUT2D eigenvalue weighted by molar-refractivity contribution is 0.246. The molecule has 1 fully saturated rings. The minimum absolute atomic E-state index is 0.0597. The van der Waals surface area contributed by atoms with E-state index in [1.807, 2.05) is 6.92 Å². The molecule has 1 saturated carbocycles. The Balaban J connectivity index is 2.32. The van der Waals surface area contributed by atoms with E-state index in [0.717, 1.165) is 5.56 Å². The number of aryl methyl sites for hydroxylation is 1. The largest absolute Gasteiger partial charge is 0.394 e. The van der Waals surface area contributed by atoms with Gasteiger partial charge in [-0.3, -0.25) is 0 Å². The van der Waals surface area contributed by atoms with Crippen LogP contribution < -0.4 is 4.72 Å². The van der Waals surface area contributed by atoms with E-state index in [1.54, 1.807) is 12.1 Å². The van der Waals surface area contributed by atoms with Crippen LogP contribution in [0.25, 0.3) is 0 Å². The normalized spacial score (nSPS) is 18.1. The molecule has 2 N–H and O–H groups in total. The minimum Gasteiger partial charge on any atom is -0.394 e. The molecule has 17 heavy (non-hydrogen) atoms.